The molecular weight excluding hydrogens is 333 g/mol. The van der Waals surface area contributed by atoms with Crippen LogP contribution in [0.5, 0.6) is 17.2 Å². The molecule has 0 unspecified atom stereocenters. The van der Waals surface area contributed by atoms with Gasteiger partial charge in [-0.15, -0.1) is 0 Å². The molecular formula is C16H14ClF3O3. The molecule has 2 rings (SSSR count). The number of alkyl halides is 3. The van der Waals surface area contributed by atoms with Crippen LogP contribution in [-0.2, 0) is 10.9 Å². The third-order valence-electron chi connectivity index (χ3n) is 2.85. The lowest BCUT2D eigenvalue weighted by atomic mass is 10.2. The molecule has 0 saturated carbocycles. The number of ether oxygens (including phenoxy) is 3. The van der Waals surface area contributed by atoms with Crippen LogP contribution >= 0.6 is 11.6 Å². The Labute approximate surface area is 136 Å². The summed E-state index contributed by atoms with van der Waals surface area (Å²) in [5.41, 5.74) is -0.827. The van der Waals surface area contributed by atoms with Crippen molar-refractivity contribution in [2.45, 2.75) is 6.18 Å². The van der Waals surface area contributed by atoms with E-state index in [1.54, 1.807) is 31.4 Å². The van der Waals surface area contributed by atoms with E-state index in [1.807, 2.05) is 0 Å². The van der Waals surface area contributed by atoms with E-state index < -0.39 is 11.7 Å². The Kier molecular flexibility index (Phi) is 5.74. The molecule has 0 heterocycles. The van der Waals surface area contributed by atoms with Crippen molar-refractivity contribution in [3.63, 3.8) is 0 Å². The topological polar surface area (TPSA) is 27.7 Å². The highest BCUT2D eigenvalue weighted by Gasteiger charge is 2.31. The fourth-order valence-electron chi connectivity index (χ4n) is 1.76. The summed E-state index contributed by atoms with van der Waals surface area (Å²) in [5.74, 6) is 1.10. The van der Waals surface area contributed by atoms with Gasteiger partial charge in [0.2, 0.25) is 0 Å². The molecule has 0 N–H and O–H groups in total. The van der Waals surface area contributed by atoms with Gasteiger partial charge in [-0.2, -0.15) is 13.2 Å². The molecule has 0 bridgehead atoms. The summed E-state index contributed by atoms with van der Waals surface area (Å²) < 4.78 is 53.6. The van der Waals surface area contributed by atoms with Crippen LogP contribution in [0.3, 0.4) is 0 Å². The first kappa shape index (κ1) is 17.4. The van der Waals surface area contributed by atoms with Crippen LogP contribution in [0.15, 0.2) is 42.5 Å². The molecule has 7 heteroatoms. The molecule has 0 aliphatic rings. The average molecular weight is 347 g/mol. The standard InChI is InChI=1S/C16H14ClF3O3/c1-21-7-8-22-12-3-2-4-13(10-12)23-15-6-5-11(9-14(15)17)16(18,19)20/h2-6,9-10H,7-8H2,1H3. The van der Waals surface area contributed by atoms with E-state index in [2.05, 4.69) is 0 Å². The molecule has 0 fully saturated rings. The van der Waals surface area contributed by atoms with Crippen molar-refractivity contribution in [1.29, 1.82) is 0 Å². The van der Waals surface area contributed by atoms with Crippen molar-refractivity contribution < 1.29 is 27.4 Å². The van der Waals surface area contributed by atoms with Gasteiger partial charge in [0, 0.05) is 13.2 Å². The van der Waals surface area contributed by atoms with E-state index in [0.29, 0.717) is 24.7 Å². The number of methoxy groups -OCH3 is 1. The first-order chi connectivity index (χ1) is 10.9. The highest BCUT2D eigenvalue weighted by atomic mass is 35.5. The molecule has 124 valence electrons. The van der Waals surface area contributed by atoms with E-state index in [4.69, 9.17) is 25.8 Å². The maximum Gasteiger partial charge on any atom is 0.416 e. The Balaban J connectivity index is 2.11. The molecule has 0 aliphatic heterocycles. The summed E-state index contributed by atoms with van der Waals surface area (Å²) in [6.07, 6.45) is -4.45. The van der Waals surface area contributed by atoms with Crippen LogP contribution in [0, 0.1) is 0 Å². The van der Waals surface area contributed by atoms with Gasteiger partial charge in [-0.05, 0) is 30.3 Å². The van der Waals surface area contributed by atoms with Crippen LogP contribution in [0.4, 0.5) is 13.2 Å². The van der Waals surface area contributed by atoms with Gasteiger partial charge in [0.1, 0.15) is 23.9 Å². The van der Waals surface area contributed by atoms with Crippen LogP contribution in [0.25, 0.3) is 0 Å². The van der Waals surface area contributed by atoms with Crippen molar-refractivity contribution in [2.24, 2.45) is 0 Å². The fraction of sp³-hybridized carbons (Fsp3) is 0.250. The Bertz CT molecular complexity index is 659. The third-order valence-corrected chi connectivity index (χ3v) is 3.14. The summed E-state index contributed by atoms with van der Waals surface area (Å²) in [6.45, 7) is 0.816. The summed E-state index contributed by atoms with van der Waals surface area (Å²) in [6, 6.07) is 9.63. The Morgan fingerprint density at radius 2 is 1.74 bits per heavy atom. The highest BCUT2D eigenvalue weighted by molar-refractivity contribution is 6.32. The summed E-state index contributed by atoms with van der Waals surface area (Å²) in [4.78, 5) is 0. The largest absolute Gasteiger partial charge is 0.491 e. The monoisotopic (exact) mass is 346 g/mol. The Morgan fingerprint density at radius 1 is 1.00 bits per heavy atom. The molecule has 3 nitrogen and oxygen atoms in total. The van der Waals surface area contributed by atoms with E-state index in [1.165, 1.54) is 6.07 Å². The SMILES string of the molecule is COCCOc1cccc(Oc2ccc(C(F)(F)F)cc2Cl)c1. The first-order valence-electron chi connectivity index (χ1n) is 6.66. The maximum absolute atomic E-state index is 12.6. The predicted molar refractivity (Wildman–Crippen MR) is 80.3 cm³/mol. The zero-order valence-corrected chi connectivity index (χ0v) is 12.9. The van der Waals surface area contributed by atoms with E-state index in [9.17, 15) is 13.2 Å². The number of hydrogen-bond donors (Lipinski definition) is 0. The Hall–Kier alpha value is -1.92. The highest BCUT2D eigenvalue weighted by Crippen LogP contribution is 2.36. The number of halogens is 4. The molecule has 0 aliphatic carbocycles. The second-order valence-electron chi connectivity index (χ2n) is 4.56. The van der Waals surface area contributed by atoms with E-state index >= 15 is 0 Å². The molecule has 0 spiro atoms. The van der Waals surface area contributed by atoms with Crippen molar-refractivity contribution in [3.8, 4) is 17.2 Å². The summed E-state index contributed by atoms with van der Waals surface area (Å²) in [5, 5.41) is -0.120. The van der Waals surface area contributed by atoms with Gasteiger partial charge in [0.25, 0.3) is 0 Å². The van der Waals surface area contributed by atoms with Gasteiger partial charge in [-0.25, -0.2) is 0 Å². The van der Waals surface area contributed by atoms with Crippen LogP contribution in [-0.4, -0.2) is 20.3 Å². The lowest BCUT2D eigenvalue weighted by Gasteiger charge is -2.12. The zero-order chi connectivity index (χ0) is 16.9. The molecule has 0 atom stereocenters. The molecule has 0 aromatic heterocycles. The normalized spacial score (nSPS) is 11.3. The summed E-state index contributed by atoms with van der Waals surface area (Å²) in [7, 11) is 1.56. The van der Waals surface area contributed by atoms with Crippen molar-refractivity contribution in [3.05, 3.63) is 53.1 Å². The molecule has 2 aromatic rings. The van der Waals surface area contributed by atoms with Crippen molar-refractivity contribution in [1.82, 2.24) is 0 Å². The number of rotatable bonds is 6. The zero-order valence-electron chi connectivity index (χ0n) is 12.2. The second kappa shape index (κ2) is 7.57. The summed E-state index contributed by atoms with van der Waals surface area (Å²) >= 11 is 5.85. The fourth-order valence-corrected chi connectivity index (χ4v) is 1.98. The quantitative estimate of drug-likeness (QED) is 0.675. The second-order valence-corrected chi connectivity index (χ2v) is 4.97. The number of hydrogen-bond acceptors (Lipinski definition) is 3. The van der Waals surface area contributed by atoms with Crippen LogP contribution in [0.1, 0.15) is 5.56 Å². The van der Waals surface area contributed by atoms with Crippen molar-refractivity contribution in [2.75, 3.05) is 20.3 Å². The molecule has 23 heavy (non-hydrogen) atoms. The van der Waals surface area contributed by atoms with Crippen LogP contribution in [0.2, 0.25) is 5.02 Å². The minimum absolute atomic E-state index is 0.120. The number of benzene rings is 2. The Morgan fingerprint density at radius 3 is 2.39 bits per heavy atom. The smallest absolute Gasteiger partial charge is 0.416 e. The van der Waals surface area contributed by atoms with Gasteiger partial charge in [-0.1, -0.05) is 17.7 Å². The van der Waals surface area contributed by atoms with E-state index in [0.717, 1.165) is 12.1 Å². The molecule has 0 radical (unpaired) electrons. The first-order valence-corrected chi connectivity index (χ1v) is 7.04. The van der Waals surface area contributed by atoms with Gasteiger partial charge >= 0.3 is 6.18 Å². The van der Waals surface area contributed by atoms with Crippen LogP contribution < -0.4 is 9.47 Å². The van der Waals surface area contributed by atoms with Gasteiger partial charge < -0.3 is 14.2 Å². The van der Waals surface area contributed by atoms with Gasteiger partial charge in [0.15, 0.2) is 0 Å². The van der Waals surface area contributed by atoms with Gasteiger partial charge in [-0.3, -0.25) is 0 Å². The molecule has 2 aromatic carbocycles. The molecule has 0 saturated heterocycles. The average Bonchev–Trinajstić information content (AvgIpc) is 2.49. The lowest BCUT2D eigenvalue weighted by molar-refractivity contribution is -0.137. The minimum Gasteiger partial charge on any atom is -0.491 e. The third kappa shape index (κ3) is 5.04. The van der Waals surface area contributed by atoms with Gasteiger partial charge in [0.05, 0.1) is 17.2 Å². The lowest BCUT2D eigenvalue weighted by Crippen LogP contribution is -2.04. The maximum atomic E-state index is 12.6. The minimum atomic E-state index is -4.45. The molecule has 0 amide bonds. The predicted octanol–water partition coefficient (Wildman–Crippen LogP) is 5.18. The van der Waals surface area contributed by atoms with E-state index in [-0.39, 0.29) is 10.8 Å². The van der Waals surface area contributed by atoms with Crippen molar-refractivity contribution >= 4 is 11.6 Å².